The van der Waals surface area contributed by atoms with Gasteiger partial charge >= 0.3 is 0 Å². The van der Waals surface area contributed by atoms with E-state index in [0.29, 0.717) is 36.0 Å². The predicted molar refractivity (Wildman–Crippen MR) is 100 cm³/mol. The van der Waals surface area contributed by atoms with Crippen LogP contribution in [0.4, 0.5) is 17.5 Å². The van der Waals surface area contributed by atoms with Crippen LogP contribution in [0.25, 0.3) is 0 Å². The Hall–Kier alpha value is -3.47. The summed E-state index contributed by atoms with van der Waals surface area (Å²) in [6, 6.07) is 10.4. The van der Waals surface area contributed by atoms with Crippen molar-refractivity contribution in [1.29, 1.82) is 5.26 Å². The van der Waals surface area contributed by atoms with Crippen LogP contribution in [0.5, 0.6) is 0 Å². The number of nitrogens with zero attached hydrogens (tertiary/aromatic N) is 4. The van der Waals surface area contributed by atoms with Gasteiger partial charge in [0.15, 0.2) is 0 Å². The second-order valence-corrected chi connectivity index (χ2v) is 6.75. The number of benzene rings is 1. The molecular weight excluding hydrogens is 344 g/mol. The number of nitrogens with one attached hydrogen (secondary N) is 1. The number of primary amides is 1. The van der Waals surface area contributed by atoms with Gasteiger partial charge in [0.1, 0.15) is 11.2 Å². The molecular formula is C19H20N6O2. The van der Waals surface area contributed by atoms with Crippen LogP contribution in [-0.4, -0.2) is 28.3 Å². The minimum Gasteiger partial charge on any atom is -0.366 e. The zero-order valence-corrected chi connectivity index (χ0v) is 15.1. The molecule has 0 aliphatic carbocycles. The minimum atomic E-state index is -1.01. The molecule has 2 heterocycles. The van der Waals surface area contributed by atoms with Crippen LogP contribution in [0.2, 0.25) is 0 Å². The third kappa shape index (κ3) is 3.31. The first-order valence-corrected chi connectivity index (χ1v) is 8.60. The molecule has 0 saturated carbocycles. The molecule has 0 radical (unpaired) electrons. The van der Waals surface area contributed by atoms with E-state index in [9.17, 15) is 14.9 Å². The highest BCUT2D eigenvalue weighted by molar-refractivity contribution is 6.01. The fourth-order valence-corrected chi connectivity index (χ4v) is 3.13. The van der Waals surface area contributed by atoms with E-state index in [4.69, 9.17) is 5.73 Å². The third-order valence-electron chi connectivity index (χ3n) is 4.88. The fraction of sp³-hybridized carbons (Fsp3) is 0.316. The molecule has 2 aromatic rings. The van der Waals surface area contributed by atoms with E-state index in [1.165, 1.54) is 4.90 Å². The topological polar surface area (TPSA) is 125 Å². The SMILES string of the molecule is CC(C)C1(C#N)CCN(c2ccnc(Nc3ccc(C(N)=O)cc3)n2)C1=O. The lowest BCUT2D eigenvalue weighted by Crippen LogP contribution is -2.37. The van der Waals surface area contributed by atoms with E-state index in [2.05, 4.69) is 21.4 Å². The molecule has 1 atom stereocenters. The molecule has 1 unspecified atom stereocenters. The van der Waals surface area contributed by atoms with Gasteiger partial charge in [-0.2, -0.15) is 10.2 Å². The smallest absolute Gasteiger partial charge is 0.248 e. The number of hydrogen-bond acceptors (Lipinski definition) is 6. The summed E-state index contributed by atoms with van der Waals surface area (Å²) < 4.78 is 0. The van der Waals surface area contributed by atoms with E-state index in [1.807, 2.05) is 13.8 Å². The lowest BCUT2D eigenvalue weighted by Gasteiger charge is -2.24. The molecule has 1 fully saturated rings. The standard InChI is InChI=1S/C19H20N6O2/c1-12(2)19(11-20)8-10-25(17(19)27)15-7-9-22-18(24-15)23-14-5-3-13(4-6-14)16(21)26/h3-7,9,12H,8,10H2,1-2H3,(H2,21,26)(H,22,23,24). The molecule has 0 bridgehead atoms. The molecule has 2 amide bonds. The van der Waals surface area contributed by atoms with Crippen molar-refractivity contribution in [2.45, 2.75) is 20.3 Å². The average molecular weight is 364 g/mol. The van der Waals surface area contributed by atoms with Crippen LogP contribution in [-0.2, 0) is 4.79 Å². The summed E-state index contributed by atoms with van der Waals surface area (Å²) in [5, 5.41) is 12.6. The van der Waals surface area contributed by atoms with Gasteiger partial charge < -0.3 is 11.1 Å². The number of nitriles is 1. The molecule has 3 rings (SSSR count). The van der Waals surface area contributed by atoms with Crippen LogP contribution >= 0.6 is 0 Å². The van der Waals surface area contributed by atoms with Crippen LogP contribution in [0.1, 0.15) is 30.6 Å². The number of rotatable bonds is 5. The Kier molecular flexibility index (Phi) is 4.77. The minimum absolute atomic E-state index is 0.0804. The number of hydrogen-bond donors (Lipinski definition) is 2. The molecule has 138 valence electrons. The van der Waals surface area contributed by atoms with E-state index >= 15 is 0 Å². The number of carbonyl (C=O) groups excluding carboxylic acids is 2. The van der Waals surface area contributed by atoms with E-state index in [1.54, 1.807) is 36.5 Å². The van der Waals surface area contributed by atoms with Gasteiger partial charge in [-0.15, -0.1) is 0 Å². The predicted octanol–water partition coefficient (Wildman–Crippen LogP) is 2.22. The van der Waals surface area contributed by atoms with Crippen LogP contribution in [0.15, 0.2) is 36.5 Å². The summed E-state index contributed by atoms with van der Waals surface area (Å²) in [7, 11) is 0. The monoisotopic (exact) mass is 364 g/mol. The molecule has 1 aromatic carbocycles. The first-order chi connectivity index (χ1) is 12.9. The highest BCUT2D eigenvalue weighted by atomic mass is 16.2. The summed E-state index contributed by atoms with van der Waals surface area (Å²) in [5.74, 6) is -0.0488. The zero-order valence-electron chi connectivity index (χ0n) is 15.1. The third-order valence-corrected chi connectivity index (χ3v) is 4.88. The number of amides is 2. The summed E-state index contributed by atoms with van der Waals surface area (Å²) in [5.41, 5.74) is 5.30. The molecule has 0 spiro atoms. The molecule has 8 heteroatoms. The summed E-state index contributed by atoms with van der Waals surface area (Å²) in [6.07, 6.45) is 2.03. The van der Waals surface area contributed by atoms with Gasteiger partial charge in [0, 0.05) is 24.0 Å². The first kappa shape index (κ1) is 18.3. The van der Waals surface area contributed by atoms with E-state index in [0.717, 1.165) is 0 Å². The quantitative estimate of drug-likeness (QED) is 0.838. The lowest BCUT2D eigenvalue weighted by molar-refractivity contribution is -0.124. The van der Waals surface area contributed by atoms with Crippen molar-refractivity contribution >= 4 is 29.3 Å². The van der Waals surface area contributed by atoms with Gasteiger partial charge in [-0.3, -0.25) is 14.5 Å². The Morgan fingerprint density at radius 1 is 1.33 bits per heavy atom. The number of nitrogens with two attached hydrogens (primary N) is 1. The van der Waals surface area contributed by atoms with Crippen molar-refractivity contribution < 1.29 is 9.59 Å². The van der Waals surface area contributed by atoms with Crippen molar-refractivity contribution in [2.24, 2.45) is 17.1 Å². The summed E-state index contributed by atoms with van der Waals surface area (Å²) in [6.45, 7) is 4.20. The second-order valence-electron chi connectivity index (χ2n) is 6.75. The van der Waals surface area contributed by atoms with Crippen LogP contribution in [0, 0.1) is 22.7 Å². The van der Waals surface area contributed by atoms with Crippen LogP contribution in [0.3, 0.4) is 0 Å². The number of carbonyl (C=O) groups is 2. The van der Waals surface area contributed by atoms with Crippen molar-refractivity contribution in [3.05, 3.63) is 42.1 Å². The maximum atomic E-state index is 12.9. The molecule has 1 saturated heterocycles. The molecule has 3 N–H and O–H groups in total. The largest absolute Gasteiger partial charge is 0.366 e. The number of anilines is 3. The van der Waals surface area contributed by atoms with E-state index in [-0.39, 0.29) is 11.8 Å². The summed E-state index contributed by atoms with van der Waals surface area (Å²) in [4.78, 5) is 34.1. The molecule has 1 aromatic heterocycles. The van der Waals surface area contributed by atoms with Gasteiger partial charge in [-0.25, -0.2) is 4.98 Å². The Bertz CT molecular complexity index is 919. The fourth-order valence-electron chi connectivity index (χ4n) is 3.13. The van der Waals surface area contributed by atoms with Gasteiger partial charge in [0.2, 0.25) is 17.8 Å². The van der Waals surface area contributed by atoms with Crippen molar-refractivity contribution in [2.75, 3.05) is 16.8 Å². The maximum absolute atomic E-state index is 12.9. The Morgan fingerprint density at radius 3 is 2.59 bits per heavy atom. The van der Waals surface area contributed by atoms with Crippen LogP contribution < -0.4 is 16.0 Å². The number of aromatic nitrogens is 2. The Morgan fingerprint density at radius 2 is 2.04 bits per heavy atom. The van der Waals surface area contributed by atoms with Crippen molar-refractivity contribution in [1.82, 2.24) is 9.97 Å². The lowest BCUT2D eigenvalue weighted by atomic mass is 9.77. The van der Waals surface area contributed by atoms with Gasteiger partial charge in [0.25, 0.3) is 0 Å². The highest BCUT2D eigenvalue weighted by Gasteiger charge is 2.50. The molecule has 1 aliphatic heterocycles. The Balaban J connectivity index is 1.81. The molecule has 27 heavy (non-hydrogen) atoms. The van der Waals surface area contributed by atoms with Gasteiger partial charge in [-0.1, -0.05) is 13.8 Å². The van der Waals surface area contributed by atoms with Crippen molar-refractivity contribution in [3.63, 3.8) is 0 Å². The maximum Gasteiger partial charge on any atom is 0.248 e. The van der Waals surface area contributed by atoms with E-state index < -0.39 is 11.3 Å². The average Bonchev–Trinajstić information content (AvgIpc) is 3.00. The highest BCUT2D eigenvalue weighted by Crippen LogP contribution is 2.40. The molecule has 1 aliphatic rings. The molecule has 8 nitrogen and oxygen atoms in total. The van der Waals surface area contributed by atoms with Crippen molar-refractivity contribution in [3.8, 4) is 6.07 Å². The second kappa shape index (κ2) is 7.03. The first-order valence-electron chi connectivity index (χ1n) is 8.60. The van der Waals surface area contributed by atoms with Gasteiger partial charge in [0.05, 0.1) is 6.07 Å². The Labute approximate surface area is 157 Å². The summed E-state index contributed by atoms with van der Waals surface area (Å²) >= 11 is 0. The van der Waals surface area contributed by atoms with Gasteiger partial charge in [-0.05, 0) is 42.7 Å². The normalized spacial score (nSPS) is 19.2. The zero-order chi connectivity index (χ0) is 19.6.